The van der Waals surface area contributed by atoms with Gasteiger partial charge in [-0.15, -0.1) is 0 Å². The molecule has 0 saturated carbocycles. The van der Waals surface area contributed by atoms with Crippen molar-refractivity contribution in [1.29, 1.82) is 0 Å². The Hall–Kier alpha value is -2.60. The van der Waals surface area contributed by atoms with Crippen LogP contribution >= 0.6 is 0 Å². The van der Waals surface area contributed by atoms with Crippen molar-refractivity contribution in [3.63, 3.8) is 0 Å². The van der Waals surface area contributed by atoms with Crippen LogP contribution in [0, 0.1) is 6.92 Å². The van der Waals surface area contributed by atoms with E-state index in [1.165, 1.54) is 18.2 Å². The fourth-order valence-corrected chi connectivity index (χ4v) is 2.74. The third-order valence-corrected chi connectivity index (χ3v) is 3.94. The summed E-state index contributed by atoms with van der Waals surface area (Å²) >= 11 is 0. The Bertz CT molecular complexity index is 740. The normalized spacial score (nSPS) is 20.3. The molecule has 2 aromatic carbocycles. The minimum atomic E-state index is -0.939. The van der Waals surface area contributed by atoms with Crippen LogP contribution in [-0.2, 0) is 6.42 Å². The molecule has 3 rings (SSSR count). The maximum Gasteiger partial charge on any atom is 0.160 e. The summed E-state index contributed by atoms with van der Waals surface area (Å²) in [5, 5.41) is 49.0. The predicted molar refractivity (Wildman–Crippen MR) is 77.4 cm³/mol. The molecule has 1 heterocycles. The van der Waals surface area contributed by atoms with E-state index in [1.807, 2.05) is 0 Å². The topological polar surface area (TPSA) is 110 Å². The predicted octanol–water partition coefficient (Wildman–Crippen LogP) is 1.85. The number of benzene rings is 2. The van der Waals surface area contributed by atoms with Crippen molar-refractivity contribution < 1.29 is 30.3 Å². The van der Waals surface area contributed by atoms with Crippen molar-refractivity contribution in [3.05, 3.63) is 41.0 Å². The first-order valence-electron chi connectivity index (χ1n) is 6.79. The molecule has 0 amide bonds. The van der Waals surface area contributed by atoms with E-state index in [0.717, 1.165) is 0 Å². The van der Waals surface area contributed by atoms with Crippen LogP contribution in [0.15, 0.2) is 24.3 Å². The van der Waals surface area contributed by atoms with Crippen molar-refractivity contribution in [2.75, 3.05) is 0 Å². The number of aromatic hydroxyl groups is 4. The number of fused-ring (bicyclic) bond motifs is 1. The molecule has 0 spiro atoms. The van der Waals surface area contributed by atoms with E-state index in [-0.39, 0.29) is 35.2 Å². The SMILES string of the molecule is Cc1c(C2Oc3cc(O)cc(O)c3C[C@@H]2O)ccc(O)c1O. The molecular weight excluding hydrogens is 288 g/mol. The number of phenols is 4. The second kappa shape index (κ2) is 4.99. The van der Waals surface area contributed by atoms with Crippen molar-refractivity contribution in [2.45, 2.75) is 25.6 Å². The van der Waals surface area contributed by atoms with Gasteiger partial charge in [0.1, 0.15) is 17.2 Å². The number of ether oxygens (including phenoxy) is 1. The average molecular weight is 304 g/mol. The van der Waals surface area contributed by atoms with Gasteiger partial charge in [0.25, 0.3) is 0 Å². The quantitative estimate of drug-likeness (QED) is 0.514. The Kier molecular flexibility index (Phi) is 3.26. The first-order chi connectivity index (χ1) is 10.4. The molecular formula is C16H16O6. The van der Waals surface area contributed by atoms with Crippen LogP contribution in [0.5, 0.6) is 28.7 Å². The molecule has 2 atom stereocenters. The summed E-state index contributed by atoms with van der Waals surface area (Å²) in [6, 6.07) is 5.44. The van der Waals surface area contributed by atoms with Gasteiger partial charge >= 0.3 is 0 Å². The minimum Gasteiger partial charge on any atom is -0.508 e. The van der Waals surface area contributed by atoms with Crippen molar-refractivity contribution in [3.8, 4) is 28.7 Å². The maximum atomic E-state index is 10.3. The lowest BCUT2D eigenvalue weighted by atomic mass is 9.91. The van der Waals surface area contributed by atoms with Gasteiger partial charge in [0.15, 0.2) is 17.6 Å². The lowest BCUT2D eigenvalue weighted by molar-refractivity contribution is 0.0193. The van der Waals surface area contributed by atoms with Gasteiger partial charge in [0, 0.05) is 35.2 Å². The zero-order valence-electron chi connectivity index (χ0n) is 11.8. The summed E-state index contributed by atoms with van der Waals surface area (Å²) in [4.78, 5) is 0. The van der Waals surface area contributed by atoms with Gasteiger partial charge in [0.05, 0.1) is 6.10 Å². The van der Waals surface area contributed by atoms with Crippen LogP contribution in [0.2, 0.25) is 0 Å². The molecule has 22 heavy (non-hydrogen) atoms. The molecule has 6 heteroatoms. The van der Waals surface area contributed by atoms with Gasteiger partial charge in [0.2, 0.25) is 0 Å². The summed E-state index contributed by atoms with van der Waals surface area (Å²) in [7, 11) is 0. The molecule has 1 unspecified atom stereocenters. The van der Waals surface area contributed by atoms with Crippen molar-refractivity contribution >= 4 is 0 Å². The van der Waals surface area contributed by atoms with Crippen LogP contribution in [0.1, 0.15) is 22.8 Å². The highest BCUT2D eigenvalue weighted by Gasteiger charge is 2.33. The lowest BCUT2D eigenvalue weighted by Gasteiger charge is -2.32. The summed E-state index contributed by atoms with van der Waals surface area (Å²) in [5.74, 6) is -0.519. The third kappa shape index (κ3) is 2.17. The fourth-order valence-electron chi connectivity index (χ4n) is 2.74. The molecule has 5 N–H and O–H groups in total. The highest BCUT2D eigenvalue weighted by atomic mass is 16.5. The Labute approximate surface area is 126 Å². The first-order valence-corrected chi connectivity index (χ1v) is 6.79. The van der Waals surface area contributed by atoms with Crippen molar-refractivity contribution in [1.82, 2.24) is 0 Å². The minimum absolute atomic E-state index is 0.141. The van der Waals surface area contributed by atoms with Gasteiger partial charge in [-0.3, -0.25) is 0 Å². The van der Waals surface area contributed by atoms with E-state index in [0.29, 0.717) is 16.7 Å². The van der Waals surface area contributed by atoms with E-state index in [2.05, 4.69) is 0 Å². The Morgan fingerprint density at radius 2 is 1.77 bits per heavy atom. The maximum absolute atomic E-state index is 10.3. The molecule has 6 nitrogen and oxygen atoms in total. The average Bonchev–Trinajstić information content (AvgIpc) is 2.46. The Morgan fingerprint density at radius 3 is 2.50 bits per heavy atom. The second-order valence-electron chi connectivity index (χ2n) is 5.40. The zero-order valence-corrected chi connectivity index (χ0v) is 11.8. The number of phenolic OH excluding ortho intramolecular Hbond substituents is 4. The van der Waals surface area contributed by atoms with Gasteiger partial charge in [-0.1, -0.05) is 6.07 Å². The molecule has 0 aliphatic carbocycles. The highest BCUT2D eigenvalue weighted by Crippen LogP contribution is 2.44. The third-order valence-electron chi connectivity index (χ3n) is 3.94. The van der Waals surface area contributed by atoms with Gasteiger partial charge in [-0.25, -0.2) is 0 Å². The van der Waals surface area contributed by atoms with Crippen LogP contribution in [0.4, 0.5) is 0 Å². The van der Waals surface area contributed by atoms with Gasteiger partial charge < -0.3 is 30.3 Å². The number of hydrogen-bond acceptors (Lipinski definition) is 6. The van der Waals surface area contributed by atoms with Crippen LogP contribution in [-0.4, -0.2) is 31.6 Å². The largest absolute Gasteiger partial charge is 0.508 e. The molecule has 0 fully saturated rings. The van der Waals surface area contributed by atoms with E-state index < -0.39 is 12.2 Å². The molecule has 1 aliphatic rings. The molecule has 0 saturated heterocycles. The van der Waals surface area contributed by atoms with Gasteiger partial charge in [-0.2, -0.15) is 0 Å². The fraction of sp³-hybridized carbons (Fsp3) is 0.250. The number of aliphatic hydroxyl groups is 1. The lowest BCUT2D eigenvalue weighted by Crippen LogP contribution is -2.30. The van der Waals surface area contributed by atoms with E-state index in [4.69, 9.17) is 4.74 Å². The zero-order chi connectivity index (χ0) is 16.0. The van der Waals surface area contributed by atoms with Crippen LogP contribution < -0.4 is 4.74 Å². The molecule has 116 valence electrons. The van der Waals surface area contributed by atoms with Crippen LogP contribution in [0.3, 0.4) is 0 Å². The number of hydrogen-bond donors (Lipinski definition) is 5. The van der Waals surface area contributed by atoms with E-state index in [9.17, 15) is 25.5 Å². The van der Waals surface area contributed by atoms with E-state index >= 15 is 0 Å². The molecule has 2 aromatic rings. The summed E-state index contributed by atoms with van der Waals surface area (Å²) in [6.07, 6.45) is -1.57. The van der Waals surface area contributed by atoms with Gasteiger partial charge in [-0.05, 0) is 13.0 Å². The monoisotopic (exact) mass is 304 g/mol. The standard InChI is InChI=1S/C16H16O6/c1-7-9(2-3-11(18)15(7)21)16-13(20)6-10-12(19)4-8(17)5-14(10)22-16/h2-5,13,16-21H,6H2,1H3/t13-,16?/m0/s1. The first kappa shape index (κ1) is 14.3. The molecule has 1 aliphatic heterocycles. The smallest absolute Gasteiger partial charge is 0.160 e. The molecule has 0 radical (unpaired) electrons. The Balaban J connectivity index is 2.05. The highest BCUT2D eigenvalue weighted by molar-refractivity contribution is 5.53. The second-order valence-corrected chi connectivity index (χ2v) is 5.40. The van der Waals surface area contributed by atoms with Crippen molar-refractivity contribution in [2.24, 2.45) is 0 Å². The van der Waals surface area contributed by atoms with E-state index in [1.54, 1.807) is 13.0 Å². The molecule has 0 aromatic heterocycles. The number of rotatable bonds is 1. The summed E-state index contributed by atoms with van der Waals surface area (Å²) < 4.78 is 5.70. The Morgan fingerprint density at radius 1 is 1.05 bits per heavy atom. The summed E-state index contributed by atoms with van der Waals surface area (Å²) in [6.45, 7) is 1.61. The summed E-state index contributed by atoms with van der Waals surface area (Å²) in [5.41, 5.74) is 1.34. The number of aliphatic hydroxyl groups excluding tert-OH is 1. The molecule has 0 bridgehead atoms. The van der Waals surface area contributed by atoms with Crippen LogP contribution in [0.25, 0.3) is 0 Å².